The highest BCUT2D eigenvalue weighted by Gasteiger charge is 2.25. The molecular weight excluding hydrogens is 294 g/mol. The Morgan fingerprint density at radius 1 is 1.43 bits per heavy atom. The Balaban J connectivity index is 0.00000161. The average Bonchev–Trinajstić information content (AvgIpc) is 2.46. The maximum Gasteiger partial charge on any atom is 0.262 e. The summed E-state index contributed by atoms with van der Waals surface area (Å²) in [6.45, 7) is 4.35. The maximum atomic E-state index is 12.5. The number of rotatable bonds is 1. The number of piperazine rings is 1. The fourth-order valence-corrected chi connectivity index (χ4v) is 2.52. The van der Waals surface area contributed by atoms with Gasteiger partial charge in [-0.2, -0.15) is 0 Å². The first-order chi connectivity index (χ1) is 9.65. The van der Waals surface area contributed by atoms with Gasteiger partial charge in [0.2, 0.25) is 0 Å². The molecule has 3 rings (SSSR count). The fraction of sp³-hybridized carbons (Fsp3) is 0.429. The van der Waals surface area contributed by atoms with Crippen LogP contribution in [-0.4, -0.2) is 49.0 Å². The second-order valence-corrected chi connectivity index (χ2v) is 5.10. The summed E-state index contributed by atoms with van der Waals surface area (Å²) in [6, 6.07) is 5.32. The molecule has 2 heterocycles. The monoisotopic (exact) mass is 311 g/mol. The topological polar surface area (TPSA) is 70.7 Å². The zero-order valence-electron chi connectivity index (χ0n) is 11.7. The largest absolute Gasteiger partial charge is 0.482 e. The number of ether oxygens (including phenoxy) is 1. The van der Waals surface area contributed by atoms with Crippen molar-refractivity contribution in [3.63, 3.8) is 0 Å². The highest BCUT2D eigenvalue weighted by molar-refractivity contribution is 6.00. The van der Waals surface area contributed by atoms with E-state index in [0.717, 1.165) is 13.1 Å². The number of carbonyl (C=O) groups excluding carboxylic acids is 2. The van der Waals surface area contributed by atoms with Crippen molar-refractivity contribution in [2.45, 2.75) is 13.0 Å². The van der Waals surface area contributed by atoms with Crippen molar-refractivity contribution >= 4 is 29.9 Å². The molecule has 6 nitrogen and oxygen atoms in total. The lowest BCUT2D eigenvalue weighted by molar-refractivity contribution is -0.118. The molecule has 21 heavy (non-hydrogen) atoms. The number of nitrogens with one attached hydrogen (secondary N) is 2. The van der Waals surface area contributed by atoms with Gasteiger partial charge in [-0.1, -0.05) is 0 Å². The molecule has 2 N–H and O–H groups in total. The number of amides is 2. The van der Waals surface area contributed by atoms with Gasteiger partial charge in [0.15, 0.2) is 6.61 Å². The van der Waals surface area contributed by atoms with Crippen LogP contribution in [0, 0.1) is 0 Å². The summed E-state index contributed by atoms with van der Waals surface area (Å²) in [5, 5.41) is 5.98. The van der Waals surface area contributed by atoms with Crippen molar-refractivity contribution < 1.29 is 14.3 Å². The first kappa shape index (κ1) is 15.6. The number of nitrogens with zero attached hydrogens (tertiary/aromatic N) is 1. The Hall–Kier alpha value is -1.79. The third-order valence-electron chi connectivity index (χ3n) is 3.62. The van der Waals surface area contributed by atoms with Gasteiger partial charge in [0, 0.05) is 31.2 Å². The van der Waals surface area contributed by atoms with Crippen LogP contribution in [0.3, 0.4) is 0 Å². The molecule has 0 saturated carbocycles. The van der Waals surface area contributed by atoms with Gasteiger partial charge in [0.05, 0.1) is 5.69 Å². The number of carbonyl (C=O) groups is 2. The van der Waals surface area contributed by atoms with Gasteiger partial charge >= 0.3 is 0 Å². The Labute approximate surface area is 129 Å². The molecule has 1 atom stereocenters. The van der Waals surface area contributed by atoms with Crippen molar-refractivity contribution in [3.05, 3.63) is 23.8 Å². The van der Waals surface area contributed by atoms with Gasteiger partial charge in [-0.25, -0.2) is 0 Å². The van der Waals surface area contributed by atoms with E-state index in [9.17, 15) is 9.59 Å². The maximum absolute atomic E-state index is 12.5. The molecule has 0 unspecified atom stereocenters. The summed E-state index contributed by atoms with van der Waals surface area (Å²) in [4.78, 5) is 25.7. The summed E-state index contributed by atoms with van der Waals surface area (Å²) >= 11 is 0. The normalized spacial score (nSPS) is 20.7. The number of hydrogen-bond donors (Lipinski definition) is 2. The van der Waals surface area contributed by atoms with E-state index >= 15 is 0 Å². The van der Waals surface area contributed by atoms with Gasteiger partial charge in [0.1, 0.15) is 5.75 Å². The number of fused-ring (bicyclic) bond motifs is 1. The molecule has 0 bridgehead atoms. The van der Waals surface area contributed by atoms with Crippen molar-refractivity contribution in [1.82, 2.24) is 10.2 Å². The van der Waals surface area contributed by atoms with E-state index in [2.05, 4.69) is 10.6 Å². The van der Waals surface area contributed by atoms with Crippen molar-refractivity contribution in [2.24, 2.45) is 0 Å². The molecule has 0 radical (unpaired) electrons. The van der Waals surface area contributed by atoms with Crippen LogP contribution in [0.1, 0.15) is 17.3 Å². The summed E-state index contributed by atoms with van der Waals surface area (Å²) in [7, 11) is 0. The molecule has 0 aliphatic carbocycles. The Bertz CT molecular complexity index is 564. The molecular formula is C14H18ClN3O3. The Kier molecular flexibility index (Phi) is 4.69. The molecule has 2 amide bonds. The van der Waals surface area contributed by atoms with E-state index in [0.29, 0.717) is 23.5 Å². The number of hydrogen-bond acceptors (Lipinski definition) is 4. The van der Waals surface area contributed by atoms with Crippen LogP contribution in [0.4, 0.5) is 5.69 Å². The third-order valence-corrected chi connectivity index (χ3v) is 3.62. The fourth-order valence-electron chi connectivity index (χ4n) is 2.52. The smallest absolute Gasteiger partial charge is 0.262 e. The SMILES string of the molecule is C[C@@H]1CNCCN1C(=O)c1ccc2c(c1)NC(=O)CO2.Cl. The second kappa shape index (κ2) is 6.32. The predicted octanol–water partition coefficient (Wildman–Crippen LogP) is 0.873. The summed E-state index contributed by atoms with van der Waals surface area (Å²) in [6.07, 6.45) is 0. The zero-order valence-corrected chi connectivity index (χ0v) is 12.5. The highest BCUT2D eigenvalue weighted by atomic mass is 35.5. The highest BCUT2D eigenvalue weighted by Crippen LogP contribution is 2.29. The van der Waals surface area contributed by atoms with Gasteiger partial charge in [-0.15, -0.1) is 12.4 Å². The first-order valence-corrected chi connectivity index (χ1v) is 6.73. The van der Waals surface area contributed by atoms with Crippen LogP contribution in [0.15, 0.2) is 18.2 Å². The zero-order chi connectivity index (χ0) is 14.1. The van der Waals surface area contributed by atoms with Crippen molar-refractivity contribution in [1.29, 1.82) is 0 Å². The van der Waals surface area contributed by atoms with E-state index in [-0.39, 0.29) is 36.9 Å². The van der Waals surface area contributed by atoms with Gasteiger partial charge in [0.25, 0.3) is 11.8 Å². The summed E-state index contributed by atoms with van der Waals surface area (Å²) < 4.78 is 5.29. The van der Waals surface area contributed by atoms with E-state index < -0.39 is 0 Å². The van der Waals surface area contributed by atoms with Crippen molar-refractivity contribution in [3.8, 4) is 5.75 Å². The first-order valence-electron chi connectivity index (χ1n) is 6.73. The molecule has 2 aliphatic rings. The molecule has 1 fully saturated rings. The molecule has 1 aromatic rings. The lowest BCUT2D eigenvalue weighted by atomic mass is 10.1. The van der Waals surface area contributed by atoms with E-state index in [1.807, 2.05) is 11.8 Å². The number of benzene rings is 1. The van der Waals surface area contributed by atoms with E-state index in [1.54, 1.807) is 18.2 Å². The molecule has 2 aliphatic heterocycles. The minimum Gasteiger partial charge on any atom is -0.482 e. The van der Waals surface area contributed by atoms with Crippen LogP contribution in [0.5, 0.6) is 5.75 Å². The van der Waals surface area contributed by atoms with Gasteiger partial charge in [-0.05, 0) is 25.1 Å². The van der Waals surface area contributed by atoms with Crippen molar-refractivity contribution in [2.75, 3.05) is 31.6 Å². The predicted molar refractivity (Wildman–Crippen MR) is 81.2 cm³/mol. The van der Waals surface area contributed by atoms with E-state index in [1.165, 1.54) is 0 Å². The standard InChI is InChI=1S/C14H17N3O3.ClH/c1-9-7-15-4-5-17(9)14(19)10-2-3-12-11(6-10)16-13(18)8-20-12;/h2-3,6,9,15H,4-5,7-8H2,1H3,(H,16,18);1H/t9-;/m1./s1. The molecule has 1 aromatic carbocycles. The number of anilines is 1. The minimum absolute atomic E-state index is 0. The van der Waals surface area contributed by atoms with Crippen LogP contribution in [-0.2, 0) is 4.79 Å². The van der Waals surface area contributed by atoms with Crippen LogP contribution in [0.25, 0.3) is 0 Å². The van der Waals surface area contributed by atoms with Gasteiger partial charge < -0.3 is 20.3 Å². The quantitative estimate of drug-likeness (QED) is 0.807. The van der Waals surface area contributed by atoms with Crippen LogP contribution >= 0.6 is 12.4 Å². The van der Waals surface area contributed by atoms with Gasteiger partial charge in [-0.3, -0.25) is 9.59 Å². The summed E-state index contributed by atoms with van der Waals surface area (Å²) in [5.41, 5.74) is 1.14. The summed E-state index contributed by atoms with van der Waals surface area (Å²) in [5.74, 6) is 0.397. The van der Waals surface area contributed by atoms with Crippen LogP contribution < -0.4 is 15.4 Å². The third kappa shape index (κ3) is 3.11. The molecule has 114 valence electrons. The lowest BCUT2D eigenvalue weighted by Crippen LogP contribution is -2.52. The average molecular weight is 312 g/mol. The number of halogens is 1. The Morgan fingerprint density at radius 2 is 2.24 bits per heavy atom. The van der Waals surface area contributed by atoms with Crippen LogP contribution in [0.2, 0.25) is 0 Å². The lowest BCUT2D eigenvalue weighted by Gasteiger charge is -2.34. The molecule has 0 spiro atoms. The molecule has 7 heteroatoms. The second-order valence-electron chi connectivity index (χ2n) is 5.10. The Morgan fingerprint density at radius 3 is 3.00 bits per heavy atom. The molecule has 1 saturated heterocycles. The molecule has 0 aromatic heterocycles. The minimum atomic E-state index is -0.197. The van der Waals surface area contributed by atoms with E-state index in [4.69, 9.17) is 4.74 Å².